The van der Waals surface area contributed by atoms with E-state index in [1.54, 1.807) is 6.20 Å². The van der Waals surface area contributed by atoms with E-state index in [0.29, 0.717) is 12.4 Å². The Bertz CT molecular complexity index is 774. The summed E-state index contributed by atoms with van der Waals surface area (Å²) in [6.45, 7) is 5.88. The maximum atomic E-state index is 13.2. The number of anilines is 1. The first-order valence-electron chi connectivity index (χ1n) is 9.06. The van der Waals surface area contributed by atoms with Crippen molar-refractivity contribution in [3.8, 4) is 0 Å². The molecule has 5 heteroatoms. The summed E-state index contributed by atoms with van der Waals surface area (Å²) in [5.41, 5.74) is 3.28. The molecule has 4 rings (SSSR count). The van der Waals surface area contributed by atoms with Gasteiger partial charge in [0.1, 0.15) is 0 Å². The molecule has 0 fully saturated rings. The first-order chi connectivity index (χ1) is 12.2. The fraction of sp³-hybridized carbons (Fsp3) is 0.400. The Labute approximate surface area is 148 Å². The molecule has 5 nitrogen and oxygen atoms in total. The van der Waals surface area contributed by atoms with Gasteiger partial charge in [-0.05, 0) is 31.1 Å². The highest BCUT2D eigenvalue weighted by atomic mass is 16.2. The van der Waals surface area contributed by atoms with E-state index in [9.17, 15) is 4.79 Å². The van der Waals surface area contributed by atoms with Gasteiger partial charge < -0.3 is 10.2 Å². The van der Waals surface area contributed by atoms with Crippen molar-refractivity contribution >= 4 is 17.4 Å². The normalized spacial score (nSPS) is 21.8. The minimum Gasteiger partial charge on any atom is -0.320 e. The topological polar surface area (TPSA) is 47.9 Å². The molecule has 0 bridgehead atoms. The zero-order valence-electron chi connectivity index (χ0n) is 14.8. The van der Waals surface area contributed by atoms with E-state index < -0.39 is 0 Å². The number of amidine groups is 1. The van der Waals surface area contributed by atoms with Crippen LogP contribution in [0.1, 0.15) is 33.1 Å². The summed E-state index contributed by atoms with van der Waals surface area (Å²) in [5.74, 6) is 0.490. The van der Waals surface area contributed by atoms with Gasteiger partial charge in [0.15, 0.2) is 5.84 Å². The molecule has 0 saturated carbocycles. The van der Waals surface area contributed by atoms with Gasteiger partial charge >= 0.3 is 0 Å². The van der Waals surface area contributed by atoms with Crippen molar-refractivity contribution in [3.05, 3.63) is 54.0 Å². The van der Waals surface area contributed by atoms with Crippen LogP contribution < -0.4 is 10.2 Å². The number of carbonyl (C=O) groups excluding carboxylic acids is 1. The number of benzene rings is 1. The molecule has 0 aromatic heterocycles. The summed E-state index contributed by atoms with van der Waals surface area (Å²) < 4.78 is 0. The fourth-order valence-electron chi connectivity index (χ4n) is 3.98. The third-order valence-corrected chi connectivity index (χ3v) is 5.67. The van der Waals surface area contributed by atoms with E-state index in [1.165, 1.54) is 5.70 Å². The Hall–Kier alpha value is -2.40. The highest BCUT2D eigenvalue weighted by molar-refractivity contribution is 6.45. The van der Waals surface area contributed by atoms with Crippen LogP contribution in [0.4, 0.5) is 5.69 Å². The monoisotopic (exact) mass is 336 g/mol. The van der Waals surface area contributed by atoms with Crippen molar-refractivity contribution in [1.82, 2.24) is 10.2 Å². The smallest absolute Gasteiger partial charge is 0.298 e. The molecule has 0 radical (unpaired) electrons. The Morgan fingerprint density at radius 2 is 1.92 bits per heavy atom. The molecular weight excluding hydrogens is 312 g/mol. The van der Waals surface area contributed by atoms with Crippen molar-refractivity contribution in [2.75, 3.05) is 18.0 Å². The number of hydrogen-bond donors (Lipinski definition) is 1. The second-order valence-electron chi connectivity index (χ2n) is 6.84. The highest BCUT2D eigenvalue weighted by Crippen LogP contribution is 2.38. The van der Waals surface area contributed by atoms with Crippen molar-refractivity contribution < 1.29 is 4.79 Å². The Balaban J connectivity index is 1.85. The second-order valence-corrected chi connectivity index (χ2v) is 6.84. The van der Waals surface area contributed by atoms with Gasteiger partial charge in [-0.15, -0.1) is 0 Å². The molecule has 3 aliphatic rings. The van der Waals surface area contributed by atoms with Crippen molar-refractivity contribution in [1.29, 1.82) is 0 Å². The average Bonchev–Trinajstić information content (AvgIpc) is 2.69. The van der Waals surface area contributed by atoms with Crippen LogP contribution in [-0.4, -0.2) is 35.3 Å². The minimum atomic E-state index is -0.0448. The molecule has 0 saturated heterocycles. The van der Waals surface area contributed by atoms with Crippen molar-refractivity contribution in [3.63, 3.8) is 0 Å². The number of para-hydroxylation sites is 1. The predicted molar refractivity (Wildman–Crippen MR) is 100 cm³/mol. The molecule has 3 aliphatic heterocycles. The van der Waals surface area contributed by atoms with E-state index >= 15 is 0 Å². The van der Waals surface area contributed by atoms with Gasteiger partial charge in [0.25, 0.3) is 5.91 Å². The highest BCUT2D eigenvalue weighted by Gasteiger charge is 2.44. The number of rotatable bonds is 3. The molecule has 3 heterocycles. The maximum absolute atomic E-state index is 13.2. The van der Waals surface area contributed by atoms with Gasteiger partial charge in [-0.3, -0.25) is 9.69 Å². The van der Waals surface area contributed by atoms with Crippen LogP contribution in [0, 0.1) is 0 Å². The van der Waals surface area contributed by atoms with Crippen LogP contribution in [0.5, 0.6) is 0 Å². The van der Waals surface area contributed by atoms with E-state index in [0.717, 1.165) is 37.2 Å². The third-order valence-electron chi connectivity index (χ3n) is 5.67. The zero-order chi connectivity index (χ0) is 17.4. The minimum absolute atomic E-state index is 0.0448. The number of nitrogens with zero attached hydrogens (tertiary/aromatic N) is 3. The summed E-state index contributed by atoms with van der Waals surface area (Å²) in [6.07, 6.45) is 6.80. The van der Waals surface area contributed by atoms with Gasteiger partial charge in [0, 0.05) is 42.6 Å². The Kier molecular flexibility index (Phi) is 3.96. The van der Waals surface area contributed by atoms with Crippen LogP contribution in [0.3, 0.4) is 0 Å². The van der Waals surface area contributed by atoms with Gasteiger partial charge in [0.2, 0.25) is 0 Å². The van der Waals surface area contributed by atoms with Crippen molar-refractivity contribution in [2.24, 2.45) is 4.99 Å². The molecular formula is C20H24N4O. The molecule has 0 spiro atoms. The van der Waals surface area contributed by atoms with Crippen LogP contribution in [0.25, 0.3) is 0 Å². The molecule has 1 aromatic rings. The molecule has 1 N–H and O–H groups in total. The zero-order valence-corrected chi connectivity index (χ0v) is 14.8. The molecule has 130 valence electrons. The van der Waals surface area contributed by atoms with Crippen LogP contribution in [-0.2, 0) is 4.79 Å². The van der Waals surface area contributed by atoms with Crippen molar-refractivity contribution in [2.45, 2.75) is 38.6 Å². The van der Waals surface area contributed by atoms with Gasteiger partial charge in [-0.25, -0.2) is 4.99 Å². The van der Waals surface area contributed by atoms with Gasteiger partial charge in [-0.1, -0.05) is 32.0 Å². The molecule has 0 unspecified atom stereocenters. The number of nitrogens with one attached hydrogen (secondary N) is 1. The average molecular weight is 336 g/mol. The van der Waals surface area contributed by atoms with Crippen LogP contribution in [0.15, 0.2) is 59.0 Å². The van der Waals surface area contributed by atoms with Gasteiger partial charge in [0.05, 0.1) is 5.70 Å². The van der Waals surface area contributed by atoms with Gasteiger partial charge in [-0.2, -0.15) is 0 Å². The lowest BCUT2D eigenvalue weighted by atomic mass is 9.83. The Morgan fingerprint density at radius 3 is 2.64 bits per heavy atom. The van der Waals surface area contributed by atoms with E-state index in [-0.39, 0.29) is 11.4 Å². The van der Waals surface area contributed by atoms with E-state index in [1.807, 2.05) is 41.3 Å². The van der Waals surface area contributed by atoms with Crippen LogP contribution >= 0.6 is 0 Å². The lowest BCUT2D eigenvalue weighted by Crippen LogP contribution is -2.59. The Morgan fingerprint density at radius 1 is 1.16 bits per heavy atom. The third kappa shape index (κ3) is 2.50. The summed E-state index contributed by atoms with van der Waals surface area (Å²) in [5, 5.41) is 3.71. The standard InChI is InChI=1S/C20H24N4O/c1-3-20(4-2)13-16-17(14-22-20)24(15-9-6-5-7-10-15)19(25)18-21-11-8-12-23(16)18/h5-11,22H,3-4,12-14H2,1-2H3. The number of fused-ring (bicyclic) bond motifs is 2. The summed E-state index contributed by atoms with van der Waals surface area (Å²) in [7, 11) is 0. The lowest BCUT2D eigenvalue weighted by Gasteiger charge is -2.48. The van der Waals surface area contributed by atoms with E-state index in [2.05, 4.69) is 29.1 Å². The fourth-order valence-corrected chi connectivity index (χ4v) is 3.98. The maximum Gasteiger partial charge on any atom is 0.298 e. The first kappa shape index (κ1) is 16.1. The number of amides is 1. The molecule has 1 aromatic carbocycles. The summed E-state index contributed by atoms with van der Waals surface area (Å²) in [4.78, 5) is 21.5. The SMILES string of the molecule is CCC1(CC)CC2=C(CN1)N(c1ccccc1)C(=O)C1=NC=CCN12. The summed E-state index contributed by atoms with van der Waals surface area (Å²) in [6, 6.07) is 9.88. The largest absolute Gasteiger partial charge is 0.320 e. The lowest BCUT2D eigenvalue weighted by molar-refractivity contribution is -0.113. The second kappa shape index (κ2) is 6.15. The molecule has 25 heavy (non-hydrogen) atoms. The molecule has 0 atom stereocenters. The number of carbonyl (C=O) groups is 1. The number of hydrogen-bond acceptors (Lipinski definition) is 4. The quantitative estimate of drug-likeness (QED) is 0.923. The molecule has 0 aliphatic carbocycles. The van der Waals surface area contributed by atoms with E-state index in [4.69, 9.17) is 0 Å². The summed E-state index contributed by atoms with van der Waals surface area (Å²) >= 11 is 0. The number of aliphatic imine (C=N–C) groups is 1. The molecule has 1 amide bonds. The first-order valence-corrected chi connectivity index (χ1v) is 9.06. The predicted octanol–water partition coefficient (Wildman–Crippen LogP) is 3.02. The van der Waals surface area contributed by atoms with Crippen LogP contribution in [0.2, 0.25) is 0 Å².